The normalized spacial score (nSPS) is 33.0. The van der Waals surface area contributed by atoms with E-state index in [2.05, 4.69) is 38.7 Å². The standard InChI is InChI=1S/C28H34O4S/c1-18-21(16-22(29)17-26(18)30)12-11-20-8-7-15-28(3)24(13-14-25(20)28)19(2)33-27(31)32-23-9-5-4-6-10-23/h4-6,9-13,19,22,25-26,29-30H,1,7-8,14-17H2,2-3H3/b20-11+,21-12-/t19?,22-,25+,26+,28-/m1/s1. The van der Waals surface area contributed by atoms with Crippen molar-refractivity contribution in [1.29, 1.82) is 0 Å². The van der Waals surface area contributed by atoms with Crippen molar-refractivity contribution in [2.24, 2.45) is 11.3 Å². The summed E-state index contributed by atoms with van der Waals surface area (Å²) in [7, 11) is 0. The van der Waals surface area contributed by atoms with Crippen LogP contribution >= 0.6 is 11.8 Å². The molecule has 1 aromatic carbocycles. The van der Waals surface area contributed by atoms with E-state index in [0.717, 1.165) is 36.8 Å². The van der Waals surface area contributed by atoms with Gasteiger partial charge in [0, 0.05) is 11.7 Å². The van der Waals surface area contributed by atoms with Crippen molar-refractivity contribution in [1.82, 2.24) is 0 Å². The zero-order valence-electron chi connectivity index (χ0n) is 19.5. The van der Waals surface area contributed by atoms with Crippen LogP contribution in [0.3, 0.4) is 0 Å². The summed E-state index contributed by atoms with van der Waals surface area (Å²) in [6.45, 7) is 8.47. The summed E-state index contributed by atoms with van der Waals surface area (Å²) in [5.74, 6) is 0.986. The number of aliphatic hydroxyl groups is 2. The Morgan fingerprint density at radius 3 is 2.79 bits per heavy atom. The topological polar surface area (TPSA) is 66.8 Å². The van der Waals surface area contributed by atoms with Gasteiger partial charge in [0.05, 0.1) is 12.2 Å². The Hall–Kier alpha value is -2.08. The number of benzene rings is 1. The molecule has 5 heteroatoms. The molecule has 0 saturated heterocycles. The van der Waals surface area contributed by atoms with E-state index in [1.807, 2.05) is 18.2 Å². The summed E-state index contributed by atoms with van der Waals surface area (Å²) in [6.07, 6.45) is 10.6. The highest BCUT2D eigenvalue weighted by molar-refractivity contribution is 8.14. The second kappa shape index (κ2) is 10.0. The number of aliphatic hydroxyl groups excluding tert-OH is 2. The van der Waals surface area contributed by atoms with Gasteiger partial charge in [-0.3, -0.25) is 0 Å². The number of carbonyl (C=O) groups excluding carboxylic acids is 1. The van der Waals surface area contributed by atoms with Crippen molar-refractivity contribution < 1.29 is 19.7 Å². The molecular formula is C28H34O4S. The van der Waals surface area contributed by atoms with Crippen molar-refractivity contribution in [2.75, 3.05) is 0 Å². The van der Waals surface area contributed by atoms with Crippen molar-refractivity contribution >= 4 is 17.1 Å². The number of hydrogen-bond acceptors (Lipinski definition) is 5. The molecule has 1 aromatic rings. The van der Waals surface area contributed by atoms with E-state index in [1.54, 1.807) is 12.1 Å². The first-order chi connectivity index (χ1) is 15.8. The van der Waals surface area contributed by atoms with E-state index in [0.29, 0.717) is 24.5 Å². The maximum atomic E-state index is 12.5. The number of thioether (sulfide) groups is 1. The van der Waals surface area contributed by atoms with E-state index in [1.165, 1.54) is 22.9 Å². The minimum atomic E-state index is -0.664. The summed E-state index contributed by atoms with van der Waals surface area (Å²) < 4.78 is 5.50. The monoisotopic (exact) mass is 466 g/mol. The summed E-state index contributed by atoms with van der Waals surface area (Å²) in [6, 6.07) is 9.20. The lowest BCUT2D eigenvalue weighted by Crippen LogP contribution is -2.33. The molecule has 0 bridgehead atoms. The maximum Gasteiger partial charge on any atom is 0.373 e. The van der Waals surface area contributed by atoms with Gasteiger partial charge >= 0.3 is 5.30 Å². The third kappa shape index (κ3) is 5.21. The molecule has 0 amide bonds. The van der Waals surface area contributed by atoms with Crippen molar-refractivity contribution in [2.45, 2.75) is 69.8 Å². The number of ether oxygens (including phenoxy) is 1. The van der Waals surface area contributed by atoms with Gasteiger partial charge in [-0.25, -0.2) is 4.79 Å². The fourth-order valence-corrected chi connectivity index (χ4v) is 6.69. The van der Waals surface area contributed by atoms with Crippen LogP contribution in [0.5, 0.6) is 5.75 Å². The van der Waals surface area contributed by atoms with Crippen LogP contribution in [0.1, 0.15) is 52.4 Å². The summed E-state index contributed by atoms with van der Waals surface area (Å²) in [5.41, 5.74) is 4.45. The molecule has 3 aliphatic carbocycles. The van der Waals surface area contributed by atoms with Gasteiger partial charge < -0.3 is 14.9 Å². The first kappa shape index (κ1) is 24.1. The SMILES string of the molecule is C=C1/C(=C\C=C2/CCC[C@]3(C)C(C(C)SC(=O)Oc4ccccc4)=CC[C@@H]23)C[C@@H](O)C[C@@H]1O. The molecule has 1 unspecified atom stereocenters. The number of allylic oxidation sites excluding steroid dienone is 4. The van der Waals surface area contributed by atoms with Gasteiger partial charge in [0.1, 0.15) is 5.75 Å². The summed E-state index contributed by atoms with van der Waals surface area (Å²) in [4.78, 5) is 12.5. The lowest BCUT2D eigenvalue weighted by Gasteiger charge is -2.42. The quantitative estimate of drug-likeness (QED) is 0.399. The molecule has 0 radical (unpaired) electrons. The molecule has 0 spiro atoms. The van der Waals surface area contributed by atoms with Crippen molar-refractivity contribution in [3.63, 3.8) is 0 Å². The smallest absolute Gasteiger partial charge is 0.373 e. The van der Waals surface area contributed by atoms with Gasteiger partial charge in [-0.1, -0.05) is 61.1 Å². The molecule has 2 saturated carbocycles. The molecule has 33 heavy (non-hydrogen) atoms. The number of hydrogen-bond donors (Lipinski definition) is 2. The number of rotatable bonds is 4. The van der Waals surface area contributed by atoms with Crippen LogP contribution in [0.15, 0.2) is 77.4 Å². The van der Waals surface area contributed by atoms with Crippen LogP contribution in [-0.2, 0) is 0 Å². The van der Waals surface area contributed by atoms with Gasteiger partial charge in [0.15, 0.2) is 0 Å². The highest BCUT2D eigenvalue weighted by Crippen LogP contribution is 2.56. The molecule has 0 aliphatic heterocycles. The average molecular weight is 467 g/mol. The Morgan fingerprint density at radius 1 is 1.27 bits per heavy atom. The number of fused-ring (bicyclic) bond motifs is 1. The minimum Gasteiger partial charge on any atom is -0.418 e. The number of carbonyl (C=O) groups is 1. The molecule has 2 fully saturated rings. The number of para-hydroxylation sites is 1. The predicted molar refractivity (Wildman–Crippen MR) is 134 cm³/mol. The summed E-state index contributed by atoms with van der Waals surface area (Å²) in [5, 5.41) is 20.0. The largest absolute Gasteiger partial charge is 0.418 e. The lowest BCUT2D eigenvalue weighted by atomic mass is 9.64. The highest BCUT2D eigenvalue weighted by atomic mass is 32.2. The van der Waals surface area contributed by atoms with Crippen LogP contribution < -0.4 is 4.74 Å². The van der Waals surface area contributed by atoms with Gasteiger partial charge in [-0.15, -0.1) is 0 Å². The first-order valence-electron chi connectivity index (χ1n) is 11.9. The van der Waals surface area contributed by atoms with Crippen LogP contribution in [0.25, 0.3) is 0 Å². The zero-order valence-corrected chi connectivity index (χ0v) is 20.3. The average Bonchev–Trinajstić information content (AvgIpc) is 3.13. The highest BCUT2D eigenvalue weighted by Gasteiger charge is 2.46. The predicted octanol–water partition coefficient (Wildman–Crippen LogP) is 6.37. The second-order valence-corrected chi connectivity index (χ2v) is 11.0. The first-order valence-corrected chi connectivity index (χ1v) is 12.7. The molecule has 5 atom stereocenters. The van der Waals surface area contributed by atoms with E-state index in [9.17, 15) is 15.0 Å². The van der Waals surface area contributed by atoms with Crippen LogP contribution in [0.2, 0.25) is 0 Å². The Balaban J connectivity index is 1.45. The lowest BCUT2D eigenvalue weighted by molar-refractivity contribution is 0.0862. The molecule has 4 nitrogen and oxygen atoms in total. The van der Waals surface area contributed by atoms with Crippen molar-refractivity contribution in [3.05, 3.63) is 77.4 Å². The van der Waals surface area contributed by atoms with Gasteiger partial charge in [0.2, 0.25) is 0 Å². The fourth-order valence-electron chi connectivity index (χ4n) is 5.76. The molecule has 3 aliphatic rings. The molecule has 176 valence electrons. The van der Waals surface area contributed by atoms with E-state index < -0.39 is 12.2 Å². The minimum absolute atomic E-state index is 0.0324. The molecular weight excluding hydrogens is 432 g/mol. The Labute approximate surface area is 201 Å². The van der Waals surface area contributed by atoms with Crippen molar-refractivity contribution in [3.8, 4) is 5.75 Å². The van der Waals surface area contributed by atoms with E-state index in [4.69, 9.17) is 4.74 Å². The van der Waals surface area contributed by atoms with E-state index in [-0.39, 0.29) is 16.0 Å². The van der Waals surface area contributed by atoms with Gasteiger partial charge in [-0.2, -0.15) is 0 Å². The summed E-state index contributed by atoms with van der Waals surface area (Å²) >= 11 is 1.26. The third-order valence-electron chi connectivity index (χ3n) is 7.53. The van der Waals surface area contributed by atoms with Gasteiger partial charge in [0.25, 0.3) is 0 Å². The molecule has 0 heterocycles. The second-order valence-electron chi connectivity index (χ2n) is 9.71. The maximum absolute atomic E-state index is 12.5. The molecule has 0 aromatic heterocycles. The third-order valence-corrected chi connectivity index (χ3v) is 8.41. The Morgan fingerprint density at radius 2 is 2.03 bits per heavy atom. The molecule has 2 N–H and O–H groups in total. The van der Waals surface area contributed by atoms with Crippen LogP contribution in [0, 0.1) is 11.3 Å². The van der Waals surface area contributed by atoms with E-state index >= 15 is 0 Å². The zero-order chi connectivity index (χ0) is 23.6. The van der Waals surface area contributed by atoms with Crippen LogP contribution in [0.4, 0.5) is 4.79 Å². The van der Waals surface area contributed by atoms with Gasteiger partial charge in [-0.05, 0) is 85.4 Å². The van der Waals surface area contributed by atoms with Crippen LogP contribution in [-0.4, -0.2) is 33.0 Å². The Kier molecular flexibility index (Phi) is 7.32. The molecule has 4 rings (SSSR count). The fraction of sp³-hybridized carbons (Fsp3) is 0.464. The Bertz CT molecular complexity index is 992.